The Morgan fingerprint density at radius 1 is 1.11 bits per heavy atom. The Balaban J connectivity index is 1.91. The van der Waals surface area contributed by atoms with Gasteiger partial charge in [0.2, 0.25) is 0 Å². The highest BCUT2D eigenvalue weighted by Crippen LogP contribution is 2.24. The van der Waals surface area contributed by atoms with E-state index in [9.17, 15) is 9.59 Å². The summed E-state index contributed by atoms with van der Waals surface area (Å²) in [4.78, 5) is 25.0. The van der Waals surface area contributed by atoms with Gasteiger partial charge in [-0.2, -0.15) is 0 Å². The second-order valence-corrected chi connectivity index (χ2v) is 6.22. The van der Waals surface area contributed by atoms with Crippen molar-refractivity contribution in [2.45, 2.75) is 6.92 Å². The molecule has 1 N–H and O–H groups in total. The molecule has 3 aromatic rings. The molecule has 2 aromatic carbocycles. The largest absolute Gasteiger partial charge is 0.465 e. The first kappa shape index (κ1) is 19.5. The number of ether oxygens (including phenoxy) is 1. The number of rotatable bonds is 6. The molecule has 0 aliphatic heterocycles. The van der Waals surface area contributed by atoms with Gasteiger partial charge in [-0.1, -0.05) is 41.9 Å². The summed E-state index contributed by atoms with van der Waals surface area (Å²) in [6, 6.07) is 17.4. The summed E-state index contributed by atoms with van der Waals surface area (Å²) in [5.74, 6) is -0.338. The monoisotopic (exact) mass is 395 g/mol. The zero-order valence-corrected chi connectivity index (χ0v) is 15.9. The van der Waals surface area contributed by atoms with Crippen LogP contribution in [0.25, 0.3) is 11.6 Å². The molecule has 0 fully saturated rings. The number of carbonyl (C=O) groups is 2. The number of furan rings is 1. The summed E-state index contributed by atoms with van der Waals surface area (Å²) in [6.07, 6.45) is 3.20. The van der Waals surface area contributed by atoms with Crippen LogP contribution in [0.1, 0.15) is 28.6 Å². The zero-order valence-electron chi connectivity index (χ0n) is 15.1. The van der Waals surface area contributed by atoms with Crippen LogP contribution in [0.4, 0.5) is 5.69 Å². The third-order valence-corrected chi connectivity index (χ3v) is 4.21. The van der Waals surface area contributed by atoms with E-state index in [1.54, 1.807) is 37.3 Å². The third kappa shape index (κ3) is 4.69. The van der Waals surface area contributed by atoms with Crippen molar-refractivity contribution in [3.8, 4) is 0 Å². The number of amides is 1. The lowest BCUT2D eigenvalue weighted by Gasteiger charge is -2.11. The average Bonchev–Trinajstić information content (AvgIpc) is 3.21. The molecule has 3 rings (SSSR count). The number of hydrogen-bond donors (Lipinski definition) is 1. The van der Waals surface area contributed by atoms with Gasteiger partial charge in [-0.15, -0.1) is 0 Å². The third-order valence-electron chi connectivity index (χ3n) is 3.88. The van der Waals surface area contributed by atoms with Crippen molar-refractivity contribution in [2.75, 3.05) is 11.9 Å². The van der Waals surface area contributed by atoms with E-state index < -0.39 is 5.97 Å². The van der Waals surface area contributed by atoms with Crippen LogP contribution in [0, 0.1) is 0 Å². The SMILES string of the molecule is CCOC(=O)c1cc(NC(=O)/C(=C/c2ccco2)c2ccccc2)ccc1Cl. The van der Waals surface area contributed by atoms with Crippen LogP contribution in [-0.2, 0) is 9.53 Å². The minimum absolute atomic E-state index is 0.192. The van der Waals surface area contributed by atoms with Gasteiger partial charge >= 0.3 is 5.97 Å². The Morgan fingerprint density at radius 2 is 1.89 bits per heavy atom. The topological polar surface area (TPSA) is 68.5 Å². The molecule has 5 nitrogen and oxygen atoms in total. The van der Waals surface area contributed by atoms with E-state index in [0.717, 1.165) is 5.56 Å². The molecule has 1 heterocycles. The molecule has 1 amide bonds. The van der Waals surface area contributed by atoms with Gasteiger partial charge in [0.1, 0.15) is 5.76 Å². The van der Waals surface area contributed by atoms with Crippen molar-refractivity contribution in [1.82, 2.24) is 0 Å². The first-order valence-corrected chi connectivity index (χ1v) is 9.05. The van der Waals surface area contributed by atoms with Gasteiger partial charge in [-0.25, -0.2) is 4.79 Å². The summed E-state index contributed by atoms with van der Waals surface area (Å²) in [7, 11) is 0. The second-order valence-electron chi connectivity index (χ2n) is 5.81. The summed E-state index contributed by atoms with van der Waals surface area (Å²) in [5, 5.41) is 3.06. The zero-order chi connectivity index (χ0) is 19.9. The number of esters is 1. The quantitative estimate of drug-likeness (QED) is 0.455. The molecule has 1 aromatic heterocycles. The molecule has 0 atom stereocenters. The lowest BCUT2D eigenvalue weighted by Crippen LogP contribution is -2.14. The maximum Gasteiger partial charge on any atom is 0.339 e. The molecule has 0 radical (unpaired) electrons. The standard InChI is InChI=1S/C22H18ClNO4/c1-2-27-22(26)19-13-16(10-11-20(19)23)24-21(25)18(14-17-9-6-12-28-17)15-7-4-3-5-8-15/h3-14H,2H2,1H3,(H,24,25)/b18-14+. The van der Waals surface area contributed by atoms with E-state index in [1.807, 2.05) is 30.3 Å². The van der Waals surface area contributed by atoms with E-state index in [4.69, 9.17) is 20.8 Å². The normalized spacial score (nSPS) is 11.1. The lowest BCUT2D eigenvalue weighted by molar-refractivity contribution is -0.111. The van der Waals surface area contributed by atoms with Crippen molar-refractivity contribution in [2.24, 2.45) is 0 Å². The first-order chi connectivity index (χ1) is 13.6. The summed E-state index contributed by atoms with van der Waals surface area (Å²) < 4.78 is 10.3. The number of carbonyl (C=O) groups excluding carboxylic acids is 2. The highest BCUT2D eigenvalue weighted by Gasteiger charge is 2.16. The Morgan fingerprint density at radius 3 is 2.57 bits per heavy atom. The lowest BCUT2D eigenvalue weighted by atomic mass is 10.0. The van der Waals surface area contributed by atoms with Gasteiger partial charge in [0.25, 0.3) is 5.91 Å². The number of anilines is 1. The maximum atomic E-state index is 13.0. The fourth-order valence-corrected chi connectivity index (χ4v) is 2.77. The molecular weight excluding hydrogens is 378 g/mol. The Bertz CT molecular complexity index is 995. The van der Waals surface area contributed by atoms with Gasteiger partial charge < -0.3 is 14.5 Å². The van der Waals surface area contributed by atoms with Crippen molar-refractivity contribution >= 4 is 40.8 Å². The van der Waals surface area contributed by atoms with Crippen LogP contribution < -0.4 is 5.32 Å². The molecule has 28 heavy (non-hydrogen) atoms. The van der Waals surface area contributed by atoms with Gasteiger partial charge in [0, 0.05) is 5.69 Å². The molecule has 0 spiro atoms. The van der Waals surface area contributed by atoms with Gasteiger partial charge in [-0.3, -0.25) is 4.79 Å². The Hall–Kier alpha value is -3.31. The Labute approximate surface area is 167 Å². The summed E-state index contributed by atoms with van der Waals surface area (Å²) in [5.41, 5.74) is 1.77. The van der Waals surface area contributed by atoms with Gasteiger partial charge in [-0.05, 0) is 48.9 Å². The minimum atomic E-state index is -0.544. The van der Waals surface area contributed by atoms with E-state index in [-0.39, 0.29) is 23.1 Å². The maximum absolute atomic E-state index is 13.0. The number of hydrogen-bond acceptors (Lipinski definition) is 4. The Kier molecular flexibility index (Phi) is 6.29. The van der Waals surface area contributed by atoms with Crippen molar-refractivity contribution < 1.29 is 18.7 Å². The van der Waals surface area contributed by atoms with Crippen LogP contribution in [-0.4, -0.2) is 18.5 Å². The fraction of sp³-hybridized carbons (Fsp3) is 0.0909. The van der Waals surface area contributed by atoms with E-state index in [1.165, 1.54) is 12.3 Å². The first-order valence-electron chi connectivity index (χ1n) is 8.67. The molecule has 0 saturated carbocycles. The smallest absolute Gasteiger partial charge is 0.339 e. The van der Waals surface area contributed by atoms with E-state index in [2.05, 4.69) is 5.32 Å². The van der Waals surface area contributed by atoms with Crippen LogP contribution >= 0.6 is 11.6 Å². The van der Waals surface area contributed by atoms with Crippen LogP contribution in [0.3, 0.4) is 0 Å². The molecule has 142 valence electrons. The van der Waals surface area contributed by atoms with E-state index >= 15 is 0 Å². The predicted octanol–water partition coefficient (Wildman–Crippen LogP) is 5.29. The summed E-state index contributed by atoms with van der Waals surface area (Å²) >= 11 is 6.08. The van der Waals surface area contributed by atoms with Crippen molar-refractivity contribution in [3.05, 3.63) is 88.8 Å². The average molecular weight is 396 g/mol. The van der Waals surface area contributed by atoms with Crippen LogP contribution in [0.5, 0.6) is 0 Å². The molecule has 0 unspecified atom stereocenters. The van der Waals surface area contributed by atoms with Crippen molar-refractivity contribution in [1.29, 1.82) is 0 Å². The molecule has 0 saturated heterocycles. The molecule has 0 aliphatic carbocycles. The molecule has 0 aliphatic rings. The van der Waals surface area contributed by atoms with Gasteiger partial charge in [0.05, 0.1) is 29.0 Å². The highest BCUT2D eigenvalue weighted by molar-refractivity contribution is 6.34. The van der Waals surface area contributed by atoms with Crippen LogP contribution in [0.2, 0.25) is 5.02 Å². The number of nitrogens with one attached hydrogen (secondary N) is 1. The number of halogens is 1. The molecular formula is C22H18ClNO4. The van der Waals surface area contributed by atoms with Gasteiger partial charge in [0.15, 0.2) is 0 Å². The van der Waals surface area contributed by atoms with E-state index in [0.29, 0.717) is 17.0 Å². The highest BCUT2D eigenvalue weighted by atomic mass is 35.5. The fourth-order valence-electron chi connectivity index (χ4n) is 2.58. The number of benzene rings is 2. The summed E-state index contributed by atoms with van der Waals surface area (Å²) in [6.45, 7) is 1.94. The molecule has 6 heteroatoms. The second kappa shape index (κ2) is 9.06. The predicted molar refractivity (Wildman–Crippen MR) is 109 cm³/mol. The van der Waals surface area contributed by atoms with Crippen LogP contribution in [0.15, 0.2) is 71.3 Å². The van der Waals surface area contributed by atoms with Crippen molar-refractivity contribution in [3.63, 3.8) is 0 Å². The molecule has 0 bridgehead atoms. The minimum Gasteiger partial charge on any atom is -0.465 e.